The number of phenolic OH excluding ortho intramolecular Hbond substituents is 1. The van der Waals surface area contributed by atoms with Crippen molar-refractivity contribution < 1.29 is 19.4 Å². The summed E-state index contributed by atoms with van der Waals surface area (Å²) >= 11 is 6.56. The standard InChI is InChI=1S/C21H19NO4S2/c1-2-12-26-20(25)18(15-6-4-3-5-7-15)22-19(24)17(28-21(22)27)13-14-8-10-16(23)11-9-14/h3-11,13,18,23H,2,12H2,1H3/b17-13+. The molecule has 3 rings (SSSR count). The lowest BCUT2D eigenvalue weighted by Gasteiger charge is -2.25. The Morgan fingerprint density at radius 3 is 2.54 bits per heavy atom. The van der Waals surface area contributed by atoms with E-state index in [2.05, 4.69) is 0 Å². The van der Waals surface area contributed by atoms with Crippen molar-refractivity contribution in [2.75, 3.05) is 6.61 Å². The van der Waals surface area contributed by atoms with Crippen molar-refractivity contribution in [1.82, 2.24) is 4.90 Å². The summed E-state index contributed by atoms with van der Waals surface area (Å²) in [6.45, 7) is 2.19. The molecule has 0 aromatic heterocycles. The Kier molecular flexibility index (Phi) is 6.49. The van der Waals surface area contributed by atoms with E-state index in [-0.39, 0.29) is 18.3 Å². The lowest BCUT2D eigenvalue weighted by molar-refractivity contribution is -0.151. The maximum Gasteiger partial charge on any atom is 0.333 e. The molecular formula is C21H19NO4S2. The molecule has 2 aromatic rings. The third-order valence-electron chi connectivity index (χ3n) is 4.06. The van der Waals surface area contributed by atoms with Gasteiger partial charge in [-0.25, -0.2) is 4.79 Å². The van der Waals surface area contributed by atoms with Crippen LogP contribution in [0.25, 0.3) is 6.08 Å². The highest BCUT2D eigenvalue weighted by molar-refractivity contribution is 8.26. The van der Waals surface area contributed by atoms with Crippen LogP contribution in [0.15, 0.2) is 59.5 Å². The van der Waals surface area contributed by atoms with Crippen molar-refractivity contribution in [3.05, 3.63) is 70.6 Å². The Morgan fingerprint density at radius 1 is 1.21 bits per heavy atom. The SMILES string of the molecule is CCCOC(=O)C(c1ccccc1)N1C(=O)/C(=C\c2ccc(O)cc2)SC1=S. The first-order valence-electron chi connectivity index (χ1n) is 8.79. The van der Waals surface area contributed by atoms with Crippen LogP contribution in [0, 0.1) is 0 Å². The average molecular weight is 414 g/mol. The Labute approximate surface area is 173 Å². The second-order valence-electron chi connectivity index (χ2n) is 6.12. The number of carbonyl (C=O) groups excluding carboxylic acids is 2. The summed E-state index contributed by atoms with van der Waals surface area (Å²) in [4.78, 5) is 27.6. The van der Waals surface area contributed by atoms with E-state index in [1.807, 2.05) is 13.0 Å². The summed E-state index contributed by atoms with van der Waals surface area (Å²) in [5.74, 6) is -0.701. The fourth-order valence-corrected chi connectivity index (χ4v) is 4.04. The lowest BCUT2D eigenvalue weighted by atomic mass is 10.1. The van der Waals surface area contributed by atoms with Crippen molar-refractivity contribution in [3.63, 3.8) is 0 Å². The number of amides is 1. The summed E-state index contributed by atoms with van der Waals surface area (Å²) in [5, 5.41) is 9.41. The molecule has 1 atom stereocenters. The number of esters is 1. The van der Waals surface area contributed by atoms with Crippen LogP contribution in [-0.2, 0) is 14.3 Å². The molecule has 7 heteroatoms. The van der Waals surface area contributed by atoms with Crippen LogP contribution in [0.1, 0.15) is 30.5 Å². The number of thiocarbonyl (C=S) groups is 1. The van der Waals surface area contributed by atoms with E-state index in [1.165, 1.54) is 4.90 Å². The molecule has 28 heavy (non-hydrogen) atoms. The highest BCUT2D eigenvalue weighted by atomic mass is 32.2. The van der Waals surface area contributed by atoms with Crippen LogP contribution < -0.4 is 0 Å². The van der Waals surface area contributed by atoms with Crippen molar-refractivity contribution in [2.45, 2.75) is 19.4 Å². The van der Waals surface area contributed by atoms with Gasteiger partial charge in [-0.15, -0.1) is 0 Å². The van der Waals surface area contributed by atoms with Crippen LogP contribution in [0.4, 0.5) is 0 Å². The predicted octanol–water partition coefficient (Wildman–Crippen LogP) is 4.29. The van der Waals surface area contributed by atoms with Gasteiger partial charge in [-0.3, -0.25) is 9.69 Å². The molecule has 0 saturated carbocycles. The smallest absolute Gasteiger partial charge is 0.333 e. The van der Waals surface area contributed by atoms with E-state index in [0.29, 0.717) is 21.2 Å². The average Bonchev–Trinajstić information content (AvgIpc) is 2.97. The van der Waals surface area contributed by atoms with Gasteiger partial charge in [0.05, 0.1) is 11.5 Å². The molecule has 5 nitrogen and oxygen atoms in total. The maximum atomic E-state index is 13.1. The van der Waals surface area contributed by atoms with E-state index in [4.69, 9.17) is 17.0 Å². The predicted molar refractivity (Wildman–Crippen MR) is 114 cm³/mol. The number of carbonyl (C=O) groups is 2. The molecule has 1 heterocycles. The number of aromatic hydroxyl groups is 1. The number of phenols is 1. The van der Waals surface area contributed by atoms with E-state index >= 15 is 0 Å². The van der Waals surface area contributed by atoms with Crippen LogP contribution >= 0.6 is 24.0 Å². The van der Waals surface area contributed by atoms with E-state index in [0.717, 1.165) is 17.3 Å². The lowest BCUT2D eigenvalue weighted by Crippen LogP contribution is -2.38. The van der Waals surface area contributed by atoms with Gasteiger partial charge in [0.25, 0.3) is 5.91 Å². The fraction of sp³-hybridized carbons (Fsp3) is 0.190. The van der Waals surface area contributed by atoms with Crippen molar-refractivity contribution in [3.8, 4) is 5.75 Å². The number of thioether (sulfide) groups is 1. The Hall–Kier alpha value is -2.64. The highest BCUT2D eigenvalue weighted by Crippen LogP contribution is 2.38. The highest BCUT2D eigenvalue weighted by Gasteiger charge is 2.42. The van der Waals surface area contributed by atoms with E-state index < -0.39 is 12.0 Å². The molecule has 1 unspecified atom stereocenters. The number of ether oxygens (including phenoxy) is 1. The molecule has 2 aromatic carbocycles. The van der Waals surface area contributed by atoms with Gasteiger partial charge in [-0.1, -0.05) is 73.4 Å². The molecule has 1 N–H and O–H groups in total. The van der Waals surface area contributed by atoms with Gasteiger partial charge in [0.15, 0.2) is 6.04 Å². The zero-order chi connectivity index (χ0) is 20.1. The number of rotatable bonds is 6. The maximum absolute atomic E-state index is 13.1. The number of nitrogens with zero attached hydrogens (tertiary/aromatic N) is 1. The van der Waals surface area contributed by atoms with Gasteiger partial charge in [0, 0.05) is 0 Å². The number of hydrogen-bond acceptors (Lipinski definition) is 6. The summed E-state index contributed by atoms with van der Waals surface area (Å²) < 4.78 is 5.64. The molecule has 1 aliphatic rings. The summed E-state index contributed by atoms with van der Waals surface area (Å²) in [6, 6.07) is 14.6. The zero-order valence-electron chi connectivity index (χ0n) is 15.2. The van der Waals surface area contributed by atoms with Gasteiger partial charge in [-0.2, -0.15) is 0 Å². The normalized spacial score (nSPS) is 16.5. The Morgan fingerprint density at radius 2 is 1.89 bits per heavy atom. The van der Waals surface area contributed by atoms with Gasteiger partial charge in [0.2, 0.25) is 0 Å². The van der Waals surface area contributed by atoms with Gasteiger partial charge < -0.3 is 9.84 Å². The molecular weight excluding hydrogens is 394 g/mol. The third-order valence-corrected chi connectivity index (χ3v) is 5.39. The second-order valence-corrected chi connectivity index (χ2v) is 7.80. The largest absolute Gasteiger partial charge is 0.508 e. The summed E-state index contributed by atoms with van der Waals surface area (Å²) in [5.41, 5.74) is 1.40. The molecule has 0 radical (unpaired) electrons. The monoisotopic (exact) mass is 413 g/mol. The molecule has 0 spiro atoms. The Bertz CT molecular complexity index is 910. The first-order chi connectivity index (χ1) is 13.5. The van der Waals surface area contributed by atoms with Crippen LogP contribution in [0.5, 0.6) is 5.75 Å². The molecule has 144 valence electrons. The van der Waals surface area contributed by atoms with Gasteiger partial charge in [-0.05, 0) is 35.8 Å². The van der Waals surface area contributed by atoms with Crippen LogP contribution in [0.2, 0.25) is 0 Å². The first-order valence-corrected chi connectivity index (χ1v) is 10.0. The molecule has 1 aliphatic heterocycles. The van der Waals surface area contributed by atoms with Crippen LogP contribution in [0.3, 0.4) is 0 Å². The van der Waals surface area contributed by atoms with Crippen molar-refractivity contribution >= 4 is 46.3 Å². The fourth-order valence-electron chi connectivity index (χ4n) is 2.73. The third kappa shape index (κ3) is 4.43. The molecule has 1 fully saturated rings. The molecule has 1 saturated heterocycles. The molecule has 1 amide bonds. The first kappa shape index (κ1) is 20.1. The van der Waals surface area contributed by atoms with Gasteiger partial charge in [0.1, 0.15) is 10.1 Å². The summed E-state index contributed by atoms with van der Waals surface area (Å²) in [6.07, 6.45) is 2.38. The van der Waals surface area contributed by atoms with Gasteiger partial charge >= 0.3 is 5.97 Å². The molecule has 0 aliphatic carbocycles. The van der Waals surface area contributed by atoms with E-state index in [9.17, 15) is 14.7 Å². The molecule has 0 bridgehead atoms. The second kappa shape index (κ2) is 9.03. The minimum atomic E-state index is -0.925. The minimum Gasteiger partial charge on any atom is -0.508 e. The van der Waals surface area contributed by atoms with Crippen molar-refractivity contribution in [2.24, 2.45) is 0 Å². The van der Waals surface area contributed by atoms with E-state index in [1.54, 1.807) is 54.6 Å². The Balaban J connectivity index is 1.93. The quantitative estimate of drug-likeness (QED) is 0.433. The van der Waals surface area contributed by atoms with Crippen LogP contribution in [-0.4, -0.2) is 32.8 Å². The topological polar surface area (TPSA) is 66.8 Å². The zero-order valence-corrected chi connectivity index (χ0v) is 16.8. The van der Waals surface area contributed by atoms with Crippen molar-refractivity contribution in [1.29, 1.82) is 0 Å². The summed E-state index contributed by atoms with van der Waals surface area (Å²) in [7, 11) is 0. The number of hydrogen-bond donors (Lipinski definition) is 1. The number of benzene rings is 2. The minimum absolute atomic E-state index is 0.146.